The van der Waals surface area contributed by atoms with E-state index < -0.39 is 0 Å². The van der Waals surface area contributed by atoms with E-state index in [-0.39, 0.29) is 10.8 Å². The molecular weight excluding hydrogens is 1040 g/mol. The fourth-order valence-electron chi connectivity index (χ4n) is 13.2. The lowest BCUT2D eigenvalue weighted by Crippen LogP contribution is -2.17. The Kier molecular flexibility index (Phi) is 12.8. The maximum atomic E-state index is 5.25. The summed E-state index contributed by atoms with van der Waals surface area (Å²) in [6.07, 6.45) is 0. The Balaban J connectivity index is 0.000000145. The molecular formula is C82H60N4. The molecule has 2 heterocycles. The van der Waals surface area contributed by atoms with E-state index in [1.165, 1.54) is 99.4 Å². The number of benzene rings is 12. The molecule has 408 valence electrons. The fraction of sp³-hybridized carbons (Fsp3) is 0.0732. The van der Waals surface area contributed by atoms with Gasteiger partial charge in [0.15, 0.2) is 11.6 Å². The molecule has 0 radical (unpaired) electrons. The van der Waals surface area contributed by atoms with Crippen LogP contribution in [0.5, 0.6) is 0 Å². The zero-order valence-electron chi connectivity index (χ0n) is 48.5. The largest absolute Gasteiger partial charge is 0.228 e. The van der Waals surface area contributed by atoms with Crippen molar-refractivity contribution < 1.29 is 0 Å². The number of nitrogens with zero attached hydrogens (tertiary/aromatic N) is 4. The zero-order chi connectivity index (χ0) is 57.9. The Morgan fingerprint density at radius 1 is 0.209 bits per heavy atom. The highest BCUT2D eigenvalue weighted by Gasteiger charge is 2.41. The van der Waals surface area contributed by atoms with Gasteiger partial charge < -0.3 is 0 Å². The van der Waals surface area contributed by atoms with E-state index in [9.17, 15) is 0 Å². The highest BCUT2D eigenvalue weighted by atomic mass is 14.9. The van der Waals surface area contributed by atoms with Gasteiger partial charge in [0, 0.05) is 55.3 Å². The third kappa shape index (κ3) is 9.28. The second-order valence-electron chi connectivity index (χ2n) is 23.7. The standard InChI is InChI=1S/2C41H30N2/c1-41(2)36-24-23-34(29-19-17-28(18-20-29)33-22-21-27-11-9-10-16-32(27)25-33)26-35(36)39-37(41)38(30-12-5-3-6-13-30)42-40(43-39)31-14-7-4-8-15-31;1-41(2)36-15-9-8-14-35(36)39-37(41)38(42-40(43-39)32-11-4-3-5-12-32)31-23-20-29(21-24-31)28-16-18-30(19-17-28)34-25-22-27-10-6-7-13-33(27)26-34/h2*3-26H,1-2H3. The Morgan fingerprint density at radius 2 is 0.512 bits per heavy atom. The fourth-order valence-corrected chi connectivity index (χ4v) is 13.2. The third-order valence-electron chi connectivity index (χ3n) is 17.7. The van der Waals surface area contributed by atoms with Gasteiger partial charge in [-0.2, -0.15) is 0 Å². The average molecular weight is 1100 g/mol. The predicted molar refractivity (Wildman–Crippen MR) is 358 cm³/mol. The Labute approximate surface area is 502 Å². The van der Waals surface area contributed by atoms with Gasteiger partial charge in [0.2, 0.25) is 0 Å². The first-order valence-corrected chi connectivity index (χ1v) is 29.7. The molecule has 12 aromatic carbocycles. The average Bonchev–Trinajstić information content (AvgIpc) is 1.71. The summed E-state index contributed by atoms with van der Waals surface area (Å²) in [6, 6.07) is 104. The van der Waals surface area contributed by atoms with Gasteiger partial charge >= 0.3 is 0 Å². The topological polar surface area (TPSA) is 51.6 Å². The van der Waals surface area contributed by atoms with E-state index in [4.69, 9.17) is 19.9 Å². The summed E-state index contributed by atoms with van der Waals surface area (Å²) in [5.41, 5.74) is 24.9. The molecule has 0 N–H and O–H groups in total. The van der Waals surface area contributed by atoms with Crippen molar-refractivity contribution in [2.75, 3.05) is 0 Å². The zero-order valence-corrected chi connectivity index (χ0v) is 48.5. The van der Waals surface area contributed by atoms with Gasteiger partial charge in [-0.15, -0.1) is 0 Å². The lowest BCUT2D eigenvalue weighted by molar-refractivity contribution is 0.657. The van der Waals surface area contributed by atoms with Crippen molar-refractivity contribution in [1.82, 2.24) is 19.9 Å². The van der Waals surface area contributed by atoms with Gasteiger partial charge in [0.25, 0.3) is 0 Å². The van der Waals surface area contributed by atoms with Gasteiger partial charge in [0.1, 0.15) is 0 Å². The van der Waals surface area contributed by atoms with Crippen molar-refractivity contribution in [3.05, 3.63) is 313 Å². The van der Waals surface area contributed by atoms with Crippen molar-refractivity contribution in [2.24, 2.45) is 0 Å². The van der Waals surface area contributed by atoms with E-state index in [0.717, 1.165) is 56.7 Å². The van der Waals surface area contributed by atoms with Gasteiger partial charge in [-0.3, -0.25) is 0 Å². The minimum Gasteiger partial charge on any atom is -0.228 e. The number of aromatic nitrogens is 4. The number of hydrogen-bond acceptors (Lipinski definition) is 4. The van der Waals surface area contributed by atoms with Crippen LogP contribution >= 0.6 is 0 Å². The van der Waals surface area contributed by atoms with E-state index in [1.807, 2.05) is 36.4 Å². The molecule has 0 aliphatic heterocycles. The molecule has 4 nitrogen and oxygen atoms in total. The third-order valence-corrected chi connectivity index (χ3v) is 17.7. The second kappa shape index (κ2) is 21.2. The van der Waals surface area contributed by atoms with E-state index in [0.29, 0.717) is 0 Å². The van der Waals surface area contributed by atoms with Gasteiger partial charge in [-0.25, -0.2) is 19.9 Å². The molecule has 0 saturated carbocycles. The molecule has 2 aromatic heterocycles. The van der Waals surface area contributed by atoms with Crippen LogP contribution in [0.4, 0.5) is 0 Å². The Bertz CT molecular complexity index is 4880. The van der Waals surface area contributed by atoms with Crippen LogP contribution in [0.15, 0.2) is 291 Å². The smallest absolute Gasteiger partial charge is 0.160 e. The van der Waals surface area contributed by atoms with Crippen LogP contribution in [-0.4, -0.2) is 19.9 Å². The minimum atomic E-state index is -0.233. The first-order valence-electron chi connectivity index (χ1n) is 29.7. The molecule has 0 atom stereocenters. The summed E-state index contributed by atoms with van der Waals surface area (Å²) in [5, 5.41) is 5.05. The monoisotopic (exact) mass is 1100 g/mol. The maximum Gasteiger partial charge on any atom is 0.160 e. The van der Waals surface area contributed by atoms with Gasteiger partial charge in [0.05, 0.1) is 22.8 Å². The highest BCUT2D eigenvalue weighted by Crippen LogP contribution is 2.54. The van der Waals surface area contributed by atoms with Crippen LogP contribution in [0, 0.1) is 0 Å². The van der Waals surface area contributed by atoms with Crippen LogP contribution in [0.3, 0.4) is 0 Å². The van der Waals surface area contributed by atoms with Crippen molar-refractivity contribution in [3.63, 3.8) is 0 Å². The first-order chi connectivity index (χ1) is 42.1. The number of fused-ring (bicyclic) bond motifs is 8. The number of rotatable bonds is 8. The number of hydrogen-bond donors (Lipinski definition) is 0. The van der Waals surface area contributed by atoms with E-state index in [1.54, 1.807) is 0 Å². The van der Waals surface area contributed by atoms with E-state index in [2.05, 4.69) is 282 Å². The minimum absolute atomic E-state index is 0.201. The predicted octanol–water partition coefficient (Wildman–Crippen LogP) is 21.2. The summed E-state index contributed by atoms with van der Waals surface area (Å²) < 4.78 is 0. The van der Waals surface area contributed by atoms with Crippen LogP contribution in [0.2, 0.25) is 0 Å². The molecule has 0 amide bonds. The normalized spacial score (nSPS) is 13.1. The van der Waals surface area contributed by atoms with Crippen molar-refractivity contribution in [3.8, 4) is 112 Å². The summed E-state index contributed by atoms with van der Waals surface area (Å²) in [4.78, 5) is 20.8. The molecule has 0 unspecified atom stereocenters. The summed E-state index contributed by atoms with van der Waals surface area (Å²) >= 11 is 0. The molecule has 0 fully saturated rings. The van der Waals surface area contributed by atoms with Crippen molar-refractivity contribution >= 4 is 21.5 Å². The van der Waals surface area contributed by atoms with Gasteiger partial charge in [-0.1, -0.05) is 301 Å². The Hall–Kier alpha value is -10.7. The SMILES string of the molecule is CC1(C)c2ccc(-c3ccc(-c4ccc5ccccc5c4)cc3)cc2-c2nc(-c3ccccc3)nc(-c3ccccc3)c21.CC1(C)c2ccccc2-c2nc(-c3ccccc3)nc(-c3ccc(-c4ccc(-c5ccc6ccccc6c5)cc4)cc3)c21. The van der Waals surface area contributed by atoms with Crippen LogP contribution < -0.4 is 0 Å². The Morgan fingerprint density at radius 3 is 0.977 bits per heavy atom. The molecule has 16 rings (SSSR count). The van der Waals surface area contributed by atoms with Crippen LogP contribution in [0.1, 0.15) is 49.9 Å². The molecule has 2 aliphatic rings. The quantitative estimate of drug-likeness (QED) is 0.152. The second-order valence-corrected chi connectivity index (χ2v) is 23.7. The summed E-state index contributed by atoms with van der Waals surface area (Å²) in [6.45, 7) is 9.18. The lowest BCUT2D eigenvalue weighted by Gasteiger charge is -2.24. The molecule has 86 heavy (non-hydrogen) atoms. The van der Waals surface area contributed by atoms with Gasteiger partial charge in [-0.05, 0) is 95.4 Å². The summed E-state index contributed by atoms with van der Waals surface area (Å²) in [5.74, 6) is 1.52. The molecule has 0 bridgehead atoms. The highest BCUT2D eigenvalue weighted by molar-refractivity contribution is 5.92. The van der Waals surface area contributed by atoms with Crippen molar-refractivity contribution in [1.29, 1.82) is 0 Å². The molecule has 4 heteroatoms. The molecule has 0 saturated heterocycles. The summed E-state index contributed by atoms with van der Waals surface area (Å²) in [7, 11) is 0. The first kappa shape index (κ1) is 52.1. The van der Waals surface area contributed by atoms with Crippen LogP contribution in [0.25, 0.3) is 134 Å². The lowest BCUT2D eigenvalue weighted by atomic mass is 9.80. The van der Waals surface area contributed by atoms with E-state index >= 15 is 0 Å². The van der Waals surface area contributed by atoms with Crippen LogP contribution in [-0.2, 0) is 10.8 Å². The molecule has 0 spiro atoms. The maximum absolute atomic E-state index is 5.25. The molecule has 2 aliphatic carbocycles. The molecule has 14 aromatic rings. The van der Waals surface area contributed by atoms with Crippen molar-refractivity contribution in [2.45, 2.75) is 38.5 Å².